The number of hydrogen-bond acceptors (Lipinski definition) is 4. The van der Waals surface area contributed by atoms with E-state index in [1.54, 1.807) is 11.3 Å². The third-order valence-corrected chi connectivity index (χ3v) is 7.42. The molecule has 1 aromatic carbocycles. The Hall–Kier alpha value is -1.85. The number of thiophene rings is 1. The number of nitrogens with one attached hydrogen (secondary N) is 1. The summed E-state index contributed by atoms with van der Waals surface area (Å²) in [6.45, 7) is 9.59. The predicted molar refractivity (Wildman–Crippen MR) is 112 cm³/mol. The van der Waals surface area contributed by atoms with Crippen molar-refractivity contribution in [2.24, 2.45) is 17.8 Å². The second kappa shape index (κ2) is 7.53. The zero-order chi connectivity index (χ0) is 20.0. The van der Waals surface area contributed by atoms with Crippen molar-refractivity contribution in [1.29, 1.82) is 0 Å². The average Bonchev–Trinajstić information content (AvgIpc) is 3.07. The van der Waals surface area contributed by atoms with E-state index in [0.29, 0.717) is 19.1 Å². The summed E-state index contributed by atoms with van der Waals surface area (Å²) in [6.07, 6.45) is 1.08. The minimum Gasteiger partial charge on any atom is -0.491 e. The third kappa shape index (κ3) is 3.35. The maximum Gasteiger partial charge on any atom is 0.261 e. The zero-order valence-corrected chi connectivity index (χ0v) is 17.9. The van der Waals surface area contributed by atoms with E-state index in [1.807, 2.05) is 25.1 Å². The first-order valence-corrected chi connectivity index (χ1v) is 11.0. The highest BCUT2D eigenvalue weighted by molar-refractivity contribution is 7.14. The lowest BCUT2D eigenvalue weighted by Gasteiger charge is -2.11. The van der Waals surface area contributed by atoms with E-state index in [9.17, 15) is 4.79 Å². The summed E-state index contributed by atoms with van der Waals surface area (Å²) in [5, 5.41) is 12.0. The molecule has 0 spiro atoms. The van der Waals surface area contributed by atoms with Crippen molar-refractivity contribution in [3.63, 3.8) is 0 Å². The minimum absolute atomic E-state index is 0.00142. The normalized spacial score (nSPS) is 22.1. The first-order valence-electron chi connectivity index (χ1n) is 10.2. The fourth-order valence-electron chi connectivity index (χ4n) is 5.04. The number of ether oxygens (including phenoxy) is 1. The van der Waals surface area contributed by atoms with Crippen molar-refractivity contribution in [1.82, 2.24) is 5.32 Å². The Kier molecular flexibility index (Phi) is 5.23. The number of hydrogen-bond donors (Lipinski definition) is 2. The molecular formula is C23H29NO3S. The maximum absolute atomic E-state index is 12.9. The van der Waals surface area contributed by atoms with Gasteiger partial charge in [0.25, 0.3) is 5.91 Å². The van der Waals surface area contributed by atoms with Crippen LogP contribution in [0.3, 0.4) is 0 Å². The number of rotatable bonds is 7. The number of benzene rings is 1. The van der Waals surface area contributed by atoms with Gasteiger partial charge in [0.05, 0.1) is 11.5 Å². The van der Waals surface area contributed by atoms with Crippen LogP contribution in [-0.4, -0.2) is 24.2 Å². The minimum atomic E-state index is 0.00142. The lowest BCUT2D eigenvalue weighted by molar-refractivity contribution is 0.0954. The molecule has 1 aromatic heterocycles. The number of aliphatic hydroxyl groups excluding tert-OH is 1. The van der Waals surface area contributed by atoms with Crippen LogP contribution in [-0.2, 0) is 13.0 Å². The van der Waals surface area contributed by atoms with E-state index in [4.69, 9.17) is 9.84 Å². The lowest BCUT2D eigenvalue weighted by atomic mass is 9.96. The summed E-state index contributed by atoms with van der Waals surface area (Å²) in [7, 11) is 0. The van der Waals surface area contributed by atoms with Crippen molar-refractivity contribution in [3.05, 3.63) is 50.2 Å². The fraction of sp³-hybridized carbons (Fsp3) is 0.522. The van der Waals surface area contributed by atoms with Gasteiger partial charge in [-0.15, -0.1) is 11.3 Å². The van der Waals surface area contributed by atoms with Crippen LogP contribution in [0.5, 0.6) is 5.75 Å². The molecule has 2 aliphatic carbocycles. The average molecular weight is 400 g/mol. The van der Waals surface area contributed by atoms with Crippen LogP contribution in [0.15, 0.2) is 18.2 Å². The van der Waals surface area contributed by atoms with Crippen LogP contribution >= 0.6 is 11.3 Å². The Balaban J connectivity index is 1.42. The number of amides is 1. The summed E-state index contributed by atoms with van der Waals surface area (Å²) in [6, 6.07) is 5.89. The Morgan fingerprint density at radius 2 is 2.14 bits per heavy atom. The first kappa shape index (κ1) is 19.5. The molecule has 1 heterocycles. The number of fused-ring (bicyclic) bond motifs is 3. The molecule has 1 unspecified atom stereocenters. The summed E-state index contributed by atoms with van der Waals surface area (Å²) >= 11 is 1.66. The fourth-order valence-corrected chi connectivity index (χ4v) is 6.20. The number of aliphatic hydroxyl groups is 1. The predicted octanol–water partition coefficient (Wildman–Crippen LogP) is 4.21. The molecular weight excluding hydrogens is 370 g/mol. The zero-order valence-electron chi connectivity index (χ0n) is 17.0. The van der Waals surface area contributed by atoms with Gasteiger partial charge in [0.1, 0.15) is 12.4 Å². The van der Waals surface area contributed by atoms with Gasteiger partial charge in [-0.1, -0.05) is 26.0 Å². The van der Waals surface area contributed by atoms with Crippen LogP contribution < -0.4 is 10.1 Å². The number of aryl methyl sites for hydroxylation is 2. The molecule has 2 aromatic rings. The van der Waals surface area contributed by atoms with Crippen LogP contribution in [0.2, 0.25) is 0 Å². The van der Waals surface area contributed by atoms with Gasteiger partial charge in [-0.2, -0.15) is 0 Å². The highest BCUT2D eigenvalue weighted by atomic mass is 32.1. The quantitative estimate of drug-likeness (QED) is 0.733. The monoisotopic (exact) mass is 399 g/mol. The summed E-state index contributed by atoms with van der Waals surface area (Å²) in [5.74, 6) is 3.82. The standard InChI is InChI=1S/C23H29NO3S/c1-12(2)19-16-10-17-20(21(16)19)14(4)28-22(17)23(26)24-11-15-5-6-18(13(3)9-15)27-8-7-25/h5-6,9,12,16,19,21,25H,7-8,10-11H2,1-4H3,(H,24,26)/t16-,19?,21-/m0/s1. The first-order chi connectivity index (χ1) is 13.4. The van der Waals surface area contributed by atoms with E-state index < -0.39 is 0 Å². The molecule has 4 nitrogen and oxygen atoms in total. The molecule has 0 bridgehead atoms. The maximum atomic E-state index is 12.9. The molecule has 3 atom stereocenters. The lowest BCUT2D eigenvalue weighted by Crippen LogP contribution is -2.23. The topological polar surface area (TPSA) is 58.6 Å². The van der Waals surface area contributed by atoms with Gasteiger partial charge in [0, 0.05) is 11.4 Å². The van der Waals surface area contributed by atoms with E-state index in [0.717, 1.165) is 45.9 Å². The molecule has 2 aliphatic rings. The van der Waals surface area contributed by atoms with Gasteiger partial charge >= 0.3 is 0 Å². The van der Waals surface area contributed by atoms with Gasteiger partial charge in [-0.05, 0) is 72.3 Å². The Bertz CT molecular complexity index is 901. The van der Waals surface area contributed by atoms with Crippen molar-refractivity contribution < 1.29 is 14.6 Å². The SMILES string of the molecule is Cc1cc(CNC(=O)c2sc(C)c3c2C[C@H]2C(C(C)C)[C@@H]32)ccc1OCCO. The Morgan fingerprint density at radius 1 is 1.36 bits per heavy atom. The molecule has 1 amide bonds. The molecule has 5 heteroatoms. The van der Waals surface area contributed by atoms with Gasteiger partial charge < -0.3 is 15.2 Å². The van der Waals surface area contributed by atoms with E-state index in [-0.39, 0.29) is 12.5 Å². The van der Waals surface area contributed by atoms with Crippen LogP contribution in [0.25, 0.3) is 0 Å². The summed E-state index contributed by atoms with van der Waals surface area (Å²) < 4.78 is 5.49. The van der Waals surface area contributed by atoms with E-state index in [1.165, 1.54) is 16.0 Å². The highest BCUT2D eigenvalue weighted by Crippen LogP contribution is 2.66. The van der Waals surface area contributed by atoms with E-state index in [2.05, 4.69) is 26.1 Å². The summed E-state index contributed by atoms with van der Waals surface area (Å²) in [5.41, 5.74) is 4.86. The molecule has 0 saturated heterocycles. The van der Waals surface area contributed by atoms with Crippen LogP contribution in [0, 0.1) is 31.6 Å². The summed E-state index contributed by atoms with van der Waals surface area (Å²) in [4.78, 5) is 15.1. The van der Waals surface area contributed by atoms with Crippen molar-refractivity contribution in [3.8, 4) is 5.75 Å². The molecule has 28 heavy (non-hydrogen) atoms. The molecule has 4 rings (SSSR count). The smallest absolute Gasteiger partial charge is 0.261 e. The van der Waals surface area contributed by atoms with Gasteiger partial charge in [0.2, 0.25) is 0 Å². The van der Waals surface area contributed by atoms with Crippen molar-refractivity contribution in [2.75, 3.05) is 13.2 Å². The second-order valence-corrected chi connectivity index (χ2v) is 9.67. The molecule has 2 N–H and O–H groups in total. The van der Waals surface area contributed by atoms with Crippen molar-refractivity contribution >= 4 is 17.2 Å². The van der Waals surface area contributed by atoms with Crippen molar-refractivity contribution in [2.45, 2.75) is 46.6 Å². The number of carbonyl (C=O) groups excluding carboxylic acids is 1. The number of carbonyl (C=O) groups is 1. The molecule has 1 fully saturated rings. The Morgan fingerprint density at radius 3 is 2.82 bits per heavy atom. The van der Waals surface area contributed by atoms with Gasteiger partial charge in [-0.25, -0.2) is 0 Å². The molecule has 1 saturated carbocycles. The van der Waals surface area contributed by atoms with Crippen LogP contribution in [0.1, 0.15) is 56.6 Å². The molecule has 150 valence electrons. The largest absolute Gasteiger partial charge is 0.491 e. The van der Waals surface area contributed by atoms with Gasteiger partial charge in [-0.3, -0.25) is 4.79 Å². The second-order valence-electron chi connectivity index (χ2n) is 8.45. The van der Waals surface area contributed by atoms with Gasteiger partial charge in [0.15, 0.2) is 0 Å². The molecule has 0 aliphatic heterocycles. The Labute approximate surface area is 170 Å². The van der Waals surface area contributed by atoms with E-state index >= 15 is 0 Å². The van der Waals surface area contributed by atoms with Crippen LogP contribution in [0.4, 0.5) is 0 Å². The third-order valence-electron chi connectivity index (χ3n) is 6.25. The highest BCUT2D eigenvalue weighted by Gasteiger charge is 2.58. The molecule has 0 radical (unpaired) electrons.